The van der Waals surface area contributed by atoms with Crippen LogP contribution in [0.15, 0.2) is 0 Å². The van der Waals surface area contributed by atoms with E-state index in [1.54, 1.807) is 0 Å². The Hall–Kier alpha value is -0.610. The predicted molar refractivity (Wildman–Crippen MR) is 96.9 cm³/mol. The Bertz CT molecular complexity index is 423. The Morgan fingerprint density at radius 2 is 1.75 bits per heavy atom. The molecule has 2 saturated heterocycles. The van der Waals surface area contributed by atoms with Crippen LogP contribution in [0.3, 0.4) is 0 Å². The lowest BCUT2D eigenvalue weighted by molar-refractivity contribution is -0.129. The molecule has 0 bridgehead atoms. The molecule has 1 N–H and O–H groups in total. The summed E-state index contributed by atoms with van der Waals surface area (Å²) in [7, 11) is 0. The van der Waals surface area contributed by atoms with Crippen LogP contribution in [-0.2, 0) is 9.53 Å². The number of carbonyl (C=O) groups excluding carboxylic acids is 1. The fourth-order valence-corrected chi connectivity index (χ4v) is 5.32. The summed E-state index contributed by atoms with van der Waals surface area (Å²) in [5, 5.41) is 3.38. The maximum absolute atomic E-state index is 12.7. The largest absolute Gasteiger partial charge is 0.381 e. The fraction of sp³-hybridized carbons (Fsp3) is 0.950. The number of hydrogen-bond acceptors (Lipinski definition) is 3. The number of hydrogen-bond donors (Lipinski definition) is 1. The van der Waals surface area contributed by atoms with E-state index in [-0.39, 0.29) is 5.92 Å². The highest BCUT2D eigenvalue weighted by atomic mass is 16.5. The molecular formula is C20H36N2O2. The van der Waals surface area contributed by atoms with Crippen molar-refractivity contribution in [2.75, 3.05) is 26.3 Å². The summed E-state index contributed by atoms with van der Waals surface area (Å²) < 4.78 is 5.47. The standard InChI is InChI=1S/C20H36N2O2/c1-15-12-16(14-20(2,3)13-15)19(23)21-17-4-8-22(9-5-17)18-6-10-24-11-7-18/h15-18H,4-14H2,1-3H3,(H,21,23). The van der Waals surface area contributed by atoms with E-state index >= 15 is 0 Å². The second-order valence-electron chi connectivity index (χ2n) is 9.27. The van der Waals surface area contributed by atoms with E-state index in [1.807, 2.05) is 0 Å². The number of carbonyl (C=O) groups is 1. The molecule has 1 aliphatic carbocycles. The monoisotopic (exact) mass is 336 g/mol. The Kier molecular flexibility index (Phi) is 5.86. The van der Waals surface area contributed by atoms with Crippen molar-refractivity contribution in [3.63, 3.8) is 0 Å². The van der Waals surface area contributed by atoms with Crippen LogP contribution >= 0.6 is 0 Å². The van der Waals surface area contributed by atoms with Gasteiger partial charge in [0.15, 0.2) is 0 Å². The molecule has 2 aliphatic heterocycles. The molecule has 2 atom stereocenters. The Balaban J connectivity index is 1.44. The summed E-state index contributed by atoms with van der Waals surface area (Å²) in [6.45, 7) is 11.0. The minimum Gasteiger partial charge on any atom is -0.381 e. The first kappa shape index (κ1) is 18.2. The van der Waals surface area contributed by atoms with E-state index < -0.39 is 0 Å². The Labute approximate surface area is 147 Å². The highest BCUT2D eigenvalue weighted by molar-refractivity contribution is 5.79. The summed E-state index contributed by atoms with van der Waals surface area (Å²) >= 11 is 0. The summed E-state index contributed by atoms with van der Waals surface area (Å²) in [5.74, 6) is 1.20. The van der Waals surface area contributed by atoms with Crippen LogP contribution in [0.1, 0.15) is 65.7 Å². The van der Waals surface area contributed by atoms with Crippen LogP contribution in [0.4, 0.5) is 0 Å². The molecule has 2 heterocycles. The Morgan fingerprint density at radius 3 is 2.38 bits per heavy atom. The summed E-state index contributed by atoms with van der Waals surface area (Å²) in [4.78, 5) is 15.4. The Morgan fingerprint density at radius 1 is 1.08 bits per heavy atom. The number of rotatable bonds is 3. The fourth-order valence-electron chi connectivity index (χ4n) is 5.32. The first-order valence-corrected chi connectivity index (χ1v) is 10.0. The van der Waals surface area contributed by atoms with E-state index in [1.165, 1.54) is 19.3 Å². The lowest BCUT2D eigenvalue weighted by Crippen LogP contribution is -2.50. The SMILES string of the molecule is CC1CC(C(=O)NC2CCN(C3CCOCC3)CC2)CC(C)(C)C1. The topological polar surface area (TPSA) is 41.6 Å². The smallest absolute Gasteiger partial charge is 0.223 e. The number of nitrogens with one attached hydrogen (secondary N) is 1. The summed E-state index contributed by atoms with van der Waals surface area (Å²) in [6, 6.07) is 1.09. The van der Waals surface area contributed by atoms with Crippen molar-refractivity contribution in [2.24, 2.45) is 17.3 Å². The average Bonchev–Trinajstić information content (AvgIpc) is 2.54. The van der Waals surface area contributed by atoms with Gasteiger partial charge < -0.3 is 15.0 Å². The third kappa shape index (κ3) is 4.72. The number of piperidine rings is 1. The molecule has 2 unspecified atom stereocenters. The molecule has 3 aliphatic rings. The lowest BCUT2D eigenvalue weighted by atomic mass is 9.68. The van der Waals surface area contributed by atoms with Gasteiger partial charge in [0, 0.05) is 44.3 Å². The zero-order valence-corrected chi connectivity index (χ0v) is 15.9. The van der Waals surface area contributed by atoms with Crippen molar-refractivity contribution in [2.45, 2.75) is 77.8 Å². The zero-order valence-electron chi connectivity index (χ0n) is 15.9. The first-order chi connectivity index (χ1) is 11.4. The second kappa shape index (κ2) is 7.74. The van der Waals surface area contributed by atoms with Crippen LogP contribution in [0.5, 0.6) is 0 Å². The number of nitrogens with zero attached hydrogens (tertiary/aromatic N) is 1. The molecule has 3 rings (SSSR count). The van der Waals surface area contributed by atoms with E-state index in [0.717, 1.165) is 52.0 Å². The third-order valence-corrected chi connectivity index (χ3v) is 6.34. The molecule has 1 amide bonds. The quantitative estimate of drug-likeness (QED) is 0.860. The molecule has 4 heteroatoms. The maximum atomic E-state index is 12.7. The molecule has 0 aromatic rings. The number of likely N-dealkylation sites (tertiary alicyclic amines) is 1. The maximum Gasteiger partial charge on any atom is 0.223 e. The van der Waals surface area contributed by atoms with Crippen LogP contribution in [0.25, 0.3) is 0 Å². The van der Waals surface area contributed by atoms with Gasteiger partial charge in [-0.2, -0.15) is 0 Å². The zero-order chi connectivity index (χ0) is 17.2. The number of ether oxygens (including phenoxy) is 1. The van der Waals surface area contributed by atoms with Gasteiger partial charge >= 0.3 is 0 Å². The normalized spacial score (nSPS) is 33.3. The minimum atomic E-state index is 0.220. The second-order valence-corrected chi connectivity index (χ2v) is 9.27. The van der Waals surface area contributed by atoms with Gasteiger partial charge in [-0.05, 0) is 56.3 Å². The molecule has 0 aromatic heterocycles. The summed E-state index contributed by atoms with van der Waals surface area (Å²) in [5.41, 5.74) is 0.312. The lowest BCUT2D eigenvalue weighted by Gasteiger charge is -2.41. The van der Waals surface area contributed by atoms with Crippen LogP contribution in [0.2, 0.25) is 0 Å². The van der Waals surface area contributed by atoms with E-state index in [9.17, 15) is 4.79 Å². The molecule has 138 valence electrons. The third-order valence-electron chi connectivity index (χ3n) is 6.34. The molecular weight excluding hydrogens is 300 g/mol. The minimum absolute atomic E-state index is 0.220. The molecule has 1 saturated carbocycles. The molecule has 0 spiro atoms. The summed E-state index contributed by atoms with van der Waals surface area (Å²) in [6.07, 6.45) is 7.92. The van der Waals surface area contributed by atoms with Crippen molar-refractivity contribution in [3.8, 4) is 0 Å². The molecule has 4 nitrogen and oxygen atoms in total. The predicted octanol–water partition coefficient (Wildman–Crippen LogP) is 3.21. The highest BCUT2D eigenvalue weighted by Gasteiger charge is 2.36. The first-order valence-electron chi connectivity index (χ1n) is 10.0. The van der Waals surface area contributed by atoms with Gasteiger partial charge in [-0.3, -0.25) is 4.79 Å². The molecule has 24 heavy (non-hydrogen) atoms. The van der Waals surface area contributed by atoms with E-state index in [2.05, 4.69) is 31.0 Å². The van der Waals surface area contributed by atoms with Gasteiger partial charge in [0.1, 0.15) is 0 Å². The highest BCUT2D eigenvalue weighted by Crippen LogP contribution is 2.41. The molecule has 0 aromatic carbocycles. The van der Waals surface area contributed by atoms with Gasteiger partial charge in [0.25, 0.3) is 0 Å². The van der Waals surface area contributed by atoms with Crippen LogP contribution < -0.4 is 5.32 Å². The van der Waals surface area contributed by atoms with Crippen molar-refractivity contribution in [3.05, 3.63) is 0 Å². The van der Waals surface area contributed by atoms with E-state index in [4.69, 9.17) is 4.74 Å². The van der Waals surface area contributed by atoms with Gasteiger partial charge in [0.2, 0.25) is 5.91 Å². The van der Waals surface area contributed by atoms with Crippen molar-refractivity contribution in [1.82, 2.24) is 10.2 Å². The van der Waals surface area contributed by atoms with Crippen molar-refractivity contribution >= 4 is 5.91 Å². The van der Waals surface area contributed by atoms with Crippen molar-refractivity contribution < 1.29 is 9.53 Å². The van der Waals surface area contributed by atoms with Gasteiger partial charge in [0.05, 0.1) is 0 Å². The van der Waals surface area contributed by atoms with E-state index in [0.29, 0.717) is 29.3 Å². The van der Waals surface area contributed by atoms with Gasteiger partial charge in [-0.1, -0.05) is 20.8 Å². The van der Waals surface area contributed by atoms with Crippen LogP contribution in [0, 0.1) is 17.3 Å². The van der Waals surface area contributed by atoms with Crippen LogP contribution in [-0.4, -0.2) is 49.2 Å². The molecule has 3 fully saturated rings. The van der Waals surface area contributed by atoms with Gasteiger partial charge in [-0.25, -0.2) is 0 Å². The number of amides is 1. The average molecular weight is 337 g/mol. The van der Waals surface area contributed by atoms with Crippen molar-refractivity contribution in [1.29, 1.82) is 0 Å². The molecule has 0 radical (unpaired) electrons. The van der Waals surface area contributed by atoms with Gasteiger partial charge in [-0.15, -0.1) is 0 Å².